The van der Waals surface area contributed by atoms with Crippen LogP contribution in [0.2, 0.25) is 5.02 Å². The summed E-state index contributed by atoms with van der Waals surface area (Å²) in [5.74, 6) is 0.446. The second-order valence-electron chi connectivity index (χ2n) is 5.57. The summed E-state index contributed by atoms with van der Waals surface area (Å²) in [6.07, 6.45) is -2.34. The molecular weight excluding hydrogens is 508 g/mol. The van der Waals surface area contributed by atoms with Crippen LogP contribution in [0.15, 0.2) is 47.6 Å². The van der Waals surface area contributed by atoms with Gasteiger partial charge in [0.2, 0.25) is 5.88 Å². The maximum atomic E-state index is 12.3. The third-order valence-corrected chi connectivity index (χ3v) is 3.91. The topological polar surface area (TPSA) is 58.5 Å². The van der Waals surface area contributed by atoms with Gasteiger partial charge in [-0.15, -0.1) is 24.0 Å². The summed E-state index contributed by atoms with van der Waals surface area (Å²) in [6, 6.07) is 10.8. The van der Waals surface area contributed by atoms with Crippen molar-refractivity contribution in [1.29, 1.82) is 0 Å². The Labute approximate surface area is 183 Å². The Kier molecular flexibility index (Phi) is 10.4. The molecule has 154 valence electrons. The minimum Gasteiger partial charge on any atom is -0.468 e. The summed E-state index contributed by atoms with van der Waals surface area (Å²) >= 11 is 6.12. The monoisotopic (exact) mass is 528 g/mol. The predicted octanol–water partition coefficient (Wildman–Crippen LogP) is 4.20. The summed E-state index contributed by atoms with van der Waals surface area (Å²) < 4.78 is 41.8. The van der Waals surface area contributed by atoms with Crippen LogP contribution in [-0.2, 0) is 13.0 Å². The van der Waals surface area contributed by atoms with Gasteiger partial charge in [-0.3, -0.25) is 4.99 Å². The van der Waals surface area contributed by atoms with Crippen molar-refractivity contribution < 1.29 is 17.9 Å². The Morgan fingerprint density at radius 1 is 1.14 bits per heavy atom. The first-order chi connectivity index (χ1) is 12.9. The first-order valence-corrected chi connectivity index (χ1v) is 8.58. The van der Waals surface area contributed by atoms with Crippen LogP contribution in [0.3, 0.4) is 0 Å². The number of hydrogen-bond donors (Lipinski definition) is 2. The number of hydrogen-bond acceptors (Lipinski definition) is 3. The van der Waals surface area contributed by atoms with Gasteiger partial charge < -0.3 is 15.4 Å². The average Bonchev–Trinajstić information content (AvgIpc) is 2.64. The Balaban J connectivity index is 0.00000392. The second kappa shape index (κ2) is 11.9. The van der Waals surface area contributed by atoms with Gasteiger partial charge in [0.25, 0.3) is 0 Å². The highest BCUT2D eigenvalue weighted by Crippen LogP contribution is 2.20. The molecule has 1 heterocycles. The SMILES string of the molecule is CN=C(NCCc1ccccc1Cl)NCc1cccnc1OCC(F)(F)F.I. The largest absolute Gasteiger partial charge is 0.468 e. The van der Waals surface area contributed by atoms with Crippen molar-refractivity contribution >= 4 is 41.5 Å². The fourth-order valence-corrected chi connectivity index (χ4v) is 2.49. The van der Waals surface area contributed by atoms with E-state index in [1.54, 1.807) is 19.2 Å². The highest BCUT2D eigenvalue weighted by atomic mass is 127. The lowest BCUT2D eigenvalue weighted by Gasteiger charge is -2.15. The molecule has 0 saturated heterocycles. The third kappa shape index (κ3) is 8.51. The van der Waals surface area contributed by atoms with E-state index < -0.39 is 12.8 Å². The molecule has 0 aliphatic heterocycles. The zero-order valence-corrected chi connectivity index (χ0v) is 18.2. The number of ether oxygens (including phenoxy) is 1. The maximum Gasteiger partial charge on any atom is 0.422 e. The van der Waals surface area contributed by atoms with Crippen LogP contribution >= 0.6 is 35.6 Å². The number of alkyl halides is 3. The van der Waals surface area contributed by atoms with Gasteiger partial charge in [-0.05, 0) is 24.1 Å². The van der Waals surface area contributed by atoms with Crippen LogP contribution in [0.25, 0.3) is 0 Å². The summed E-state index contributed by atoms with van der Waals surface area (Å²) in [6.45, 7) is -0.581. The fraction of sp³-hybridized carbons (Fsp3) is 0.333. The molecule has 0 spiro atoms. The van der Waals surface area contributed by atoms with Crippen LogP contribution in [0.1, 0.15) is 11.1 Å². The molecule has 1 aromatic carbocycles. The average molecular weight is 529 g/mol. The van der Waals surface area contributed by atoms with E-state index in [-0.39, 0.29) is 36.4 Å². The quantitative estimate of drug-likeness (QED) is 0.321. The molecule has 0 bridgehead atoms. The van der Waals surface area contributed by atoms with Crippen molar-refractivity contribution in [2.45, 2.75) is 19.1 Å². The molecule has 0 amide bonds. The highest BCUT2D eigenvalue weighted by molar-refractivity contribution is 14.0. The molecule has 0 unspecified atom stereocenters. The maximum absolute atomic E-state index is 12.3. The number of guanidine groups is 1. The standard InChI is InChI=1S/C18H20ClF3N4O.HI/c1-23-17(25-10-8-13-5-2-3-7-15(13)19)26-11-14-6-4-9-24-16(14)27-12-18(20,21)22;/h2-7,9H,8,10-12H2,1H3,(H2,23,25,26);1H. The molecule has 28 heavy (non-hydrogen) atoms. The molecule has 2 rings (SSSR count). The van der Waals surface area contributed by atoms with E-state index in [4.69, 9.17) is 16.3 Å². The van der Waals surface area contributed by atoms with Crippen LogP contribution < -0.4 is 15.4 Å². The lowest BCUT2D eigenvalue weighted by molar-refractivity contribution is -0.154. The summed E-state index contributed by atoms with van der Waals surface area (Å²) in [5, 5.41) is 6.86. The zero-order valence-electron chi connectivity index (χ0n) is 15.1. The van der Waals surface area contributed by atoms with E-state index in [1.807, 2.05) is 24.3 Å². The molecule has 0 aliphatic rings. The van der Waals surface area contributed by atoms with E-state index in [0.29, 0.717) is 29.5 Å². The van der Waals surface area contributed by atoms with Crippen molar-refractivity contribution in [2.24, 2.45) is 4.99 Å². The highest BCUT2D eigenvalue weighted by Gasteiger charge is 2.29. The Bertz CT molecular complexity index is 774. The number of rotatable bonds is 7. The summed E-state index contributed by atoms with van der Waals surface area (Å²) in [4.78, 5) is 7.95. The smallest absolute Gasteiger partial charge is 0.422 e. The van der Waals surface area contributed by atoms with Crippen molar-refractivity contribution in [3.8, 4) is 5.88 Å². The zero-order chi connectivity index (χ0) is 19.7. The van der Waals surface area contributed by atoms with E-state index >= 15 is 0 Å². The second-order valence-corrected chi connectivity index (χ2v) is 5.97. The first-order valence-electron chi connectivity index (χ1n) is 8.20. The molecule has 10 heteroatoms. The van der Waals surface area contributed by atoms with Crippen molar-refractivity contribution in [2.75, 3.05) is 20.2 Å². The van der Waals surface area contributed by atoms with Crippen LogP contribution in [0, 0.1) is 0 Å². The molecular formula is C18H21ClF3IN4O. The Morgan fingerprint density at radius 2 is 1.86 bits per heavy atom. The number of nitrogens with zero attached hydrogens (tertiary/aromatic N) is 2. The predicted molar refractivity (Wildman–Crippen MR) is 115 cm³/mol. The number of nitrogens with one attached hydrogen (secondary N) is 2. The molecule has 0 atom stereocenters. The van der Waals surface area contributed by atoms with E-state index in [0.717, 1.165) is 5.56 Å². The van der Waals surface area contributed by atoms with Gasteiger partial charge in [0.15, 0.2) is 12.6 Å². The molecule has 5 nitrogen and oxygen atoms in total. The molecule has 2 N–H and O–H groups in total. The van der Waals surface area contributed by atoms with E-state index in [2.05, 4.69) is 20.6 Å². The molecule has 1 aromatic heterocycles. The molecule has 0 radical (unpaired) electrons. The van der Waals surface area contributed by atoms with E-state index in [1.165, 1.54) is 6.20 Å². The van der Waals surface area contributed by atoms with Gasteiger partial charge in [-0.2, -0.15) is 13.2 Å². The molecule has 0 saturated carbocycles. The fourth-order valence-electron chi connectivity index (χ4n) is 2.26. The van der Waals surface area contributed by atoms with Gasteiger partial charge in [0.05, 0.1) is 0 Å². The number of pyridine rings is 1. The van der Waals surface area contributed by atoms with Gasteiger partial charge in [0, 0.05) is 36.9 Å². The normalized spacial score (nSPS) is 11.5. The van der Waals surface area contributed by atoms with Gasteiger partial charge in [-0.25, -0.2) is 4.98 Å². The van der Waals surface area contributed by atoms with Crippen LogP contribution in [0.4, 0.5) is 13.2 Å². The lowest BCUT2D eigenvalue weighted by Crippen LogP contribution is -2.38. The summed E-state index contributed by atoms with van der Waals surface area (Å²) in [5.41, 5.74) is 1.51. The molecule has 0 fully saturated rings. The number of benzene rings is 1. The molecule has 0 aliphatic carbocycles. The first kappa shape index (κ1) is 24.3. The van der Waals surface area contributed by atoms with Crippen molar-refractivity contribution in [3.63, 3.8) is 0 Å². The number of halogens is 5. The lowest BCUT2D eigenvalue weighted by atomic mass is 10.1. The molecule has 2 aromatic rings. The van der Waals surface area contributed by atoms with Crippen LogP contribution in [0.5, 0.6) is 5.88 Å². The van der Waals surface area contributed by atoms with E-state index in [9.17, 15) is 13.2 Å². The van der Waals surface area contributed by atoms with Crippen molar-refractivity contribution in [1.82, 2.24) is 15.6 Å². The minimum absolute atomic E-state index is 0. The minimum atomic E-state index is -4.42. The van der Waals surface area contributed by atoms with Crippen LogP contribution in [-0.4, -0.2) is 37.3 Å². The van der Waals surface area contributed by atoms with Crippen molar-refractivity contribution in [3.05, 3.63) is 58.7 Å². The third-order valence-electron chi connectivity index (χ3n) is 3.54. The van der Waals surface area contributed by atoms with Gasteiger partial charge in [-0.1, -0.05) is 35.9 Å². The van der Waals surface area contributed by atoms with Gasteiger partial charge in [0.1, 0.15) is 0 Å². The summed E-state index contributed by atoms with van der Waals surface area (Å²) in [7, 11) is 1.61. The Hall–Kier alpha value is -1.75. The Morgan fingerprint density at radius 3 is 2.54 bits per heavy atom. The van der Waals surface area contributed by atoms with Gasteiger partial charge >= 0.3 is 6.18 Å². The number of aliphatic imine (C=N–C) groups is 1. The number of aromatic nitrogens is 1.